The molecule has 0 heterocycles. The molecule has 2 nitrogen and oxygen atoms in total. The van der Waals surface area contributed by atoms with Gasteiger partial charge in [0, 0.05) is 12.1 Å². The number of aryl methyl sites for hydroxylation is 1. The Bertz CT molecular complexity index is 445. The summed E-state index contributed by atoms with van der Waals surface area (Å²) in [5.74, 6) is -2.12. The number of hydrogen-bond donors (Lipinski definition) is 1. The summed E-state index contributed by atoms with van der Waals surface area (Å²) in [7, 11) is 0. The highest BCUT2D eigenvalue weighted by Gasteiger charge is 1.99. The predicted octanol–water partition coefficient (Wildman–Crippen LogP) is 3.48. The third kappa shape index (κ3) is 5.94. The number of allylic oxidation sites excluding steroid dienone is 3. The second kappa shape index (κ2) is 7.37. The smallest absolute Gasteiger partial charge is 0.328 e. The number of unbranched alkanes of at least 4 members (excludes halogenated alkanes) is 1. The van der Waals surface area contributed by atoms with Crippen LogP contribution in [0.3, 0.4) is 0 Å². The van der Waals surface area contributed by atoms with Crippen molar-refractivity contribution < 1.29 is 18.7 Å². The molecule has 1 aromatic rings. The summed E-state index contributed by atoms with van der Waals surface area (Å²) in [6.45, 7) is 0. The maximum absolute atomic E-state index is 12.9. The number of halogens is 2. The Morgan fingerprint density at radius 2 is 1.83 bits per heavy atom. The van der Waals surface area contributed by atoms with Crippen LogP contribution >= 0.6 is 0 Å². The SMILES string of the molecule is O=C(O)C=CC=CCCCc1cc(F)cc(F)c1. The van der Waals surface area contributed by atoms with E-state index in [0.29, 0.717) is 12.0 Å². The summed E-state index contributed by atoms with van der Waals surface area (Å²) in [5.41, 5.74) is 0.627. The molecule has 0 spiro atoms. The van der Waals surface area contributed by atoms with Crippen LogP contribution in [0.15, 0.2) is 42.5 Å². The van der Waals surface area contributed by atoms with Crippen LogP contribution in [0.5, 0.6) is 0 Å². The lowest BCUT2D eigenvalue weighted by Crippen LogP contribution is -1.89. The normalized spacial score (nSPS) is 11.4. The maximum Gasteiger partial charge on any atom is 0.328 e. The zero-order valence-corrected chi connectivity index (χ0v) is 9.77. The highest BCUT2D eigenvalue weighted by Crippen LogP contribution is 2.11. The van der Waals surface area contributed by atoms with Crippen molar-refractivity contribution >= 4 is 5.97 Å². The summed E-state index contributed by atoms with van der Waals surface area (Å²) in [6.07, 6.45) is 7.99. The minimum absolute atomic E-state index is 0.565. The molecule has 0 unspecified atom stereocenters. The van der Waals surface area contributed by atoms with E-state index in [4.69, 9.17) is 5.11 Å². The summed E-state index contributed by atoms with van der Waals surface area (Å²) in [6, 6.07) is 3.48. The molecule has 0 aliphatic rings. The molecule has 0 amide bonds. The van der Waals surface area contributed by atoms with E-state index in [2.05, 4.69) is 0 Å². The van der Waals surface area contributed by atoms with E-state index in [-0.39, 0.29) is 0 Å². The third-order valence-corrected chi connectivity index (χ3v) is 2.24. The van der Waals surface area contributed by atoms with E-state index in [1.165, 1.54) is 18.2 Å². The first-order valence-electron chi connectivity index (χ1n) is 5.59. The van der Waals surface area contributed by atoms with E-state index in [0.717, 1.165) is 25.0 Å². The van der Waals surface area contributed by atoms with Gasteiger partial charge in [-0.05, 0) is 37.0 Å². The van der Waals surface area contributed by atoms with Gasteiger partial charge in [-0.15, -0.1) is 0 Å². The Morgan fingerprint density at radius 1 is 1.17 bits per heavy atom. The zero-order chi connectivity index (χ0) is 13.4. The molecule has 0 atom stereocenters. The van der Waals surface area contributed by atoms with Gasteiger partial charge < -0.3 is 5.11 Å². The van der Waals surface area contributed by atoms with Gasteiger partial charge in [-0.3, -0.25) is 0 Å². The van der Waals surface area contributed by atoms with Crippen LogP contribution in [0.4, 0.5) is 8.78 Å². The molecular weight excluding hydrogens is 238 g/mol. The molecular formula is C14H14F2O2. The molecule has 0 aliphatic carbocycles. The van der Waals surface area contributed by atoms with Gasteiger partial charge in [0.05, 0.1) is 0 Å². The van der Waals surface area contributed by atoms with Gasteiger partial charge in [0.2, 0.25) is 0 Å². The molecule has 0 aromatic heterocycles. The lowest BCUT2D eigenvalue weighted by molar-refractivity contribution is -0.131. The van der Waals surface area contributed by atoms with Gasteiger partial charge in [-0.1, -0.05) is 18.2 Å². The monoisotopic (exact) mass is 252 g/mol. The van der Waals surface area contributed by atoms with Gasteiger partial charge in [0.15, 0.2) is 0 Å². The van der Waals surface area contributed by atoms with Crippen molar-refractivity contribution in [1.29, 1.82) is 0 Å². The lowest BCUT2D eigenvalue weighted by Gasteiger charge is -2.00. The number of carboxylic acids is 1. The Labute approximate surface area is 104 Å². The number of hydrogen-bond acceptors (Lipinski definition) is 1. The second-order valence-corrected chi connectivity index (χ2v) is 3.80. The minimum Gasteiger partial charge on any atom is -0.478 e. The fourth-order valence-electron chi connectivity index (χ4n) is 1.49. The number of rotatable bonds is 6. The van der Waals surface area contributed by atoms with E-state index in [1.54, 1.807) is 6.08 Å². The second-order valence-electron chi connectivity index (χ2n) is 3.80. The van der Waals surface area contributed by atoms with Crippen LogP contribution in [-0.2, 0) is 11.2 Å². The fraction of sp³-hybridized carbons (Fsp3) is 0.214. The quantitative estimate of drug-likeness (QED) is 0.478. The summed E-state index contributed by atoms with van der Waals surface area (Å²) in [4.78, 5) is 10.1. The average molecular weight is 252 g/mol. The van der Waals surface area contributed by atoms with Gasteiger partial charge in [-0.25, -0.2) is 13.6 Å². The van der Waals surface area contributed by atoms with Crippen molar-refractivity contribution in [2.45, 2.75) is 19.3 Å². The molecule has 1 aromatic carbocycles. The van der Waals surface area contributed by atoms with Crippen LogP contribution in [0.25, 0.3) is 0 Å². The molecule has 0 radical (unpaired) electrons. The van der Waals surface area contributed by atoms with Gasteiger partial charge in [0.25, 0.3) is 0 Å². The number of benzene rings is 1. The molecule has 96 valence electrons. The van der Waals surface area contributed by atoms with Crippen molar-refractivity contribution in [1.82, 2.24) is 0 Å². The summed E-state index contributed by atoms with van der Waals surface area (Å²) < 4.78 is 25.7. The molecule has 0 aliphatic heterocycles. The molecule has 0 fully saturated rings. The highest BCUT2D eigenvalue weighted by atomic mass is 19.1. The average Bonchev–Trinajstić information content (AvgIpc) is 2.26. The topological polar surface area (TPSA) is 37.3 Å². The molecule has 18 heavy (non-hydrogen) atoms. The number of aliphatic carboxylic acids is 1. The Balaban J connectivity index is 2.31. The highest BCUT2D eigenvalue weighted by molar-refractivity contribution is 5.80. The first-order valence-corrected chi connectivity index (χ1v) is 5.59. The third-order valence-electron chi connectivity index (χ3n) is 2.24. The van der Waals surface area contributed by atoms with Crippen molar-refractivity contribution in [3.05, 3.63) is 59.7 Å². The van der Waals surface area contributed by atoms with Gasteiger partial charge >= 0.3 is 5.97 Å². The first kappa shape index (κ1) is 14.1. The molecule has 0 saturated heterocycles. The number of carbonyl (C=O) groups is 1. The van der Waals surface area contributed by atoms with Crippen molar-refractivity contribution in [3.63, 3.8) is 0 Å². The van der Waals surface area contributed by atoms with E-state index in [9.17, 15) is 13.6 Å². The van der Waals surface area contributed by atoms with Gasteiger partial charge in [-0.2, -0.15) is 0 Å². The van der Waals surface area contributed by atoms with E-state index >= 15 is 0 Å². The molecule has 0 bridgehead atoms. The Morgan fingerprint density at radius 3 is 2.44 bits per heavy atom. The summed E-state index contributed by atoms with van der Waals surface area (Å²) in [5, 5.41) is 8.33. The van der Waals surface area contributed by atoms with Crippen molar-refractivity contribution in [2.75, 3.05) is 0 Å². The zero-order valence-electron chi connectivity index (χ0n) is 9.77. The van der Waals surface area contributed by atoms with Crippen LogP contribution < -0.4 is 0 Å². The largest absolute Gasteiger partial charge is 0.478 e. The van der Waals surface area contributed by atoms with Crippen LogP contribution in [0, 0.1) is 11.6 Å². The maximum atomic E-state index is 12.9. The standard InChI is InChI=1S/C14H14F2O2/c15-12-8-11(9-13(16)10-12)6-4-2-1-3-5-7-14(17)18/h1,3,5,7-10H,2,4,6H2,(H,17,18). The fourth-order valence-corrected chi connectivity index (χ4v) is 1.49. The lowest BCUT2D eigenvalue weighted by atomic mass is 10.1. The van der Waals surface area contributed by atoms with Crippen molar-refractivity contribution in [2.24, 2.45) is 0 Å². The van der Waals surface area contributed by atoms with Crippen LogP contribution in [-0.4, -0.2) is 11.1 Å². The number of carboxylic acid groups (broad SMARTS) is 1. The van der Waals surface area contributed by atoms with E-state index < -0.39 is 17.6 Å². The van der Waals surface area contributed by atoms with Gasteiger partial charge in [0.1, 0.15) is 11.6 Å². The molecule has 0 saturated carbocycles. The predicted molar refractivity (Wildman–Crippen MR) is 65.2 cm³/mol. The Kier molecular flexibility index (Phi) is 5.77. The molecule has 1 rings (SSSR count). The first-order chi connectivity index (χ1) is 8.58. The van der Waals surface area contributed by atoms with Crippen molar-refractivity contribution in [3.8, 4) is 0 Å². The summed E-state index contributed by atoms with van der Waals surface area (Å²) >= 11 is 0. The molecule has 1 N–H and O–H groups in total. The van der Waals surface area contributed by atoms with Crippen LogP contribution in [0.2, 0.25) is 0 Å². The van der Waals surface area contributed by atoms with Crippen LogP contribution in [0.1, 0.15) is 18.4 Å². The molecule has 4 heteroatoms. The van der Waals surface area contributed by atoms with E-state index in [1.807, 2.05) is 6.08 Å². The Hall–Kier alpha value is -1.97. The minimum atomic E-state index is -0.991.